The lowest BCUT2D eigenvalue weighted by molar-refractivity contribution is 0.291. The lowest BCUT2D eigenvalue weighted by Gasteiger charge is -2.06. The van der Waals surface area contributed by atoms with Crippen molar-refractivity contribution in [1.29, 1.82) is 0 Å². The maximum absolute atomic E-state index is 12.8. The number of hydrogen-bond donors (Lipinski definition) is 1. The average Bonchev–Trinajstić information content (AvgIpc) is 2.77. The Morgan fingerprint density at radius 2 is 2.10 bits per heavy atom. The average molecular weight is 294 g/mol. The van der Waals surface area contributed by atoms with Crippen LogP contribution < -0.4 is 10.6 Å². The summed E-state index contributed by atoms with van der Waals surface area (Å²) in [6.07, 6.45) is 0. The summed E-state index contributed by atoms with van der Waals surface area (Å²) in [6, 6.07) is 5.75. The zero-order valence-electron chi connectivity index (χ0n) is 11.0. The zero-order valence-corrected chi connectivity index (χ0v) is 11.9. The van der Waals surface area contributed by atoms with Gasteiger partial charge in [0, 0.05) is 5.75 Å². The monoisotopic (exact) mass is 294 g/mol. The van der Waals surface area contributed by atoms with Crippen LogP contribution in [0.25, 0.3) is 0 Å². The Hall–Kier alpha value is -2.02. The Bertz CT molecular complexity index is 597. The summed E-state index contributed by atoms with van der Waals surface area (Å²) in [7, 11) is 0. The molecule has 20 heavy (non-hydrogen) atoms. The molecule has 2 rings (SSSR count). The van der Waals surface area contributed by atoms with Crippen molar-refractivity contribution in [3.05, 3.63) is 48.1 Å². The van der Waals surface area contributed by atoms with Crippen molar-refractivity contribution in [2.45, 2.75) is 18.7 Å². The fraction of sp³-hybridized carbons (Fsp3) is 0.231. The fourth-order valence-corrected chi connectivity index (χ4v) is 2.09. The number of nitrogens with two attached hydrogens (primary N) is 1. The van der Waals surface area contributed by atoms with E-state index in [9.17, 15) is 4.39 Å². The molecule has 0 unspecified atom stereocenters. The van der Waals surface area contributed by atoms with E-state index < -0.39 is 0 Å². The molecule has 0 atom stereocenters. The van der Waals surface area contributed by atoms with Gasteiger partial charge in [-0.3, -0.25) is 0 Å². The van der Waals surface area contributed by atoms with Gasteiger partial charge in [0.25, 0.3) is 0 Å². The maximum Gasteiger partial charge on any atom is 0.210 e. The van der Waals surface area contributed by atoms with Crippen molar-refractivity contribution >= 4 is 11.8 Å². The predicted octanol–water partition coefficient (Wildman–Crippen LogP) is 2.38. The molecule has 0 aliphatic rings. The summed E-state index contributed by atoms with van der Waals surface area (Å²) in [6.45, 7) is 5.92. The first-order valence-corrected chi connectivity index (χ1v) is 6.89. The zero-order chi connectivity index (χ0) is 14.5. The van der Waals surface area contributed by atoms with E-state index in [4.69, 9.17) is 10.6 Å². The second kappa shape index (κ2) is 6.42. The van der Waals surface area contributed by atoms with Crippen molar-refractivity contribution < 1.29 is 9.13 Å². The minimum atomic E-state index is -0.308. The van der Waals surface area contributed by atoms with Crippen LogP contribution in [0.4, 0.5) is 4.39 Å². The molecule has 5 nitrogen and oxygen atoms in total. The van der Waals surface area contributed by atoms with Gasteiger partial charge in [-0.15, -0.1) is 10.2 Å². The molecule has 0 bridgehead atoms. The topological polar surface area (TPSA) is 66.0 Å². The smallest absolute Gasteiger partial charge is 0.210 e. The fourth-order valence-electron chi connectivity index (χ4n) is 1.37. The predicted molar refractivity (Wildman–Crippen MR) is 76.4 cm³/mol. The number of hydrogen-bond acceptors (Lipinski definition) is 5. The summed E-state index contributed by atoms with van der Waals surface area (Å²) in [5, 5.41) is 8.55. The normalized spacial score (nSPS) is 10.5. The molecule has 0 saturated heterocycles. The highest BCUT2D eigenvalue weighted by molar-refractivity contribution is 7.99. The van der Waals surface area contributed by atoms with E-state index in [1.807, 2.05) is 6.92 Å². The molecule has 0 fully saturated rings. The van der Waals surface area contributed by atoms with Gasteiger partial charge in [0.15, 0.2) is 5.82 Å². The molecule has 0 spiro atoms. The molecule has 1 aromatic heterocycles. The number of nitrogen functional groups attached to an aromatic ring is 1. The second-order valence-electron chi connectivity index (χ2n) is 4.26. The number of thioether (sulfide) groups is 1. The van der Waals surface area contributed by atoms with Crippen LogP contribution in [0.5, 0.6) is 5.75 Å². The van der Waals surface area contributed by atoms with E-state index in [0.717, 1.165) is 11.3 Å². The van der Waals surface area contributed by atoms with E-state index in [1.165, 1.54) is 28.6 Å². The molecule has 1 heterocycles. The van der Waals surface area contributed by atoms with Gasteiger partial charge in [0.2, 0.25) is 5.16 Å². The first-order chi connectivity index (χ1) is 9.56. The van der Waals surface area contributed by atoms with Gasteiger partial charge >= 0.3 is 0 Å². The summed E-state index contributed by atoms with van der Waals surface area (Å²) >= 11 is 1.46. The molecule has 0 aliphatic heterocycles. The van der Waals surface area contributed by atoms with Crippen LogP contribution in [0.1, 0.15) is 12.7 Å². The van der Waals surface area contributed by atoms with Crippen LogP contribution in [-0.2, 0) is 6.61 Å². The molecule has 2 aromatic rings. The van der Waals surface area contributed by atoms with Gasteiger partial charge in [-0.2, -0.15) is 0 Å². The summed E-state index contributed by atoms with van der Waals surface area (Å²) in [5.74, 6) is 7.35. The Morgan fingerprint density at radius 3 is 2.75 bits per heavy atom. The van der Waals surface area contributed by atoms with E-state index in [-0.39, 0.29) is 12.4 Å². The molecule has 1 aromatic carbocycles. The van der Waals surface area contributed by atoms with E-state index in [1.54, 1.807) is 12.1 Å². The van der Waals surface area contributed by atoms with E-state index in [0.29, 0.717) is 16.7 Å². The Kier molecular flexibility index (Phi) is 4.62. The number of benzene rings is 1. The minimum absolute atomic E-state index is 0.169. The molecule has 0 amide bonds. The van der Waals surface area contributed by atoms with Gasteiger partial charge in [-0.05, 0) is 31.2 Å². The third-order valence-electron chi connectivity index (χ3n) is 2.36. The Labute approximate surface area is 120 Å². The van der Waals surface area contributed by atoms with Gasteiger partial charge in [-0.1, -0.05) is 23.9 Å². The number of aromatic nitrogens is 3. The Balaban J connectivity index is 1.96. The second-order valence-corrected chi connectivity index (χ2v) is 5.20. The Morgan fingerprint density at radius 1 is 1.40 bits per heavy atom. The van der Waals surface area contributed by atoms with Crippen molar-refractivity contribution in [3.8, 4) is 5.75 Å². The summed E-state index contributed by atoms with van der Waals surface area (Å²) < 4.78 is 19.6. The van der Waals surface area contributed by atoms with E-state index >= 15 is 0 Å². The lowest BCUT2D eigenvalue weighted by Crippen LogP contribution is -2.15. The first-order valence-electron chi connectivity index (χ1n) is 5.91. The number of halogens is 1. The van der Waals surface area contributed by atoms with Crippen molar-refractivity contribution in [2.24, 2.45) is 0 Å². The number of nitrogens with zero attached hydrogens (tertiary/aromatic N) is 3. The van der Waals surface area contributed by atoms with Crippen LogP contribution in [0.3, 0.4) is 0 Å². The highest BCUT2D eigenvalue weighted by atomic mass is 32.2. The summed E-state index contributed by atoms with van der Waals surface area (Å²) in [4.78, 5) is 0. The molecule has 0 aliphatic carbocycles. The molecular weight excluding hydrogens is 279 g/mol. The van der Waals surface area contributed by atoms with Crippen molar-refractivity contribution in [2.75, 3.05) is 11.6 Å². The van der Waals surface area contributed by atoms with Gasteiger partial charge in [0.1, 0.15) is 18.2 Å². The molecule has 106 valence electrons. The number of ether oxygens (including phenoxy) is 1. The quantitative estimate of drug-likeness (QED) is 0.503. The molecule has 0 saturated carbocycles. The standard InChI is InChI=1S/C13H15FN4OS/c1-9(2)8-20-13-17-16-12(18(13)15)7-19-11-5-3-10(14)4-6-11/h3-6H,1,7-8,15H2,2H3. The van der Waals surface area contributed by atoms with Crippen molar-refractivity contribution in [3.63, 3.8) is 0 Å². The number of rotatable bonds is 6. The lowest BCUT2D eigenvalue weighted by atomic mass is 10.3. The van der Waals surface area contributed by atoms with Crippen LogP contribution in [-0.4, -0.2) is 20.6 Å². The highest BCUT2D eigenvalue weighted by Crippen LogP contribution is 2.18. The van der Waals surface area contributed by atoms with Gasteiger partial charge < -0.3 is 10.6 Å². The van der Waals surface area contributed by atoms with Gasteiger partial charge in [0.05, 0.1) is 0 Å². The maximum atomic E-state index is 12.8. The highest BCUT2D eigenvalue weighted by Gasteiger charge is 2.10. The SMILES string of the molecule is C=C(C)CSc1nnc(COc2ccc(F)cc2)n1N. The molecule has 2 N–H and O–H groups in total. The molecule has 0 radical (unpaired) electrons. The third kappa shape index (κ3) is 3.74. The van der Waals surface area contributed by atoms with Crippen LogP contribution in [0.15, 0.2) is 41.6 Å². The third-order valence-corrected chi connectivity index (χ3v) is 3.54. The van der Waals surface area contributed by atoms with Crippen LogP contribution in [0.2, 0.25) is 0 Å². The molecule has 7 heteroatoms. The van der Waals surface area contributed by atoms with Gasteiger partial charge in [-0.25, -0.2) is 9.07 Å². The minimum Gasteiger partial charge on any atom is -0.486 e. The largest absolute Gasteiger partial charge is 0.486 e. The van der Waals surface area contributed by atoms with Crippen molar-refractivity contribution in [1.82, 2.24) is 14.9 Å². The first kappa shape index (κ1) is 14.4. The molecular formula is C13H15FN4OS. The van der Waals surface area contributed by atoms with Crippen LogP contribution >= 0.6 is 11.8 Å². The van der Waals surface area contributed by atoms with E-state index in [2.05, 4.69) is 16.8 Å². The van der Waals surface area contributed by atoms with Crippen LogP contribution in [0, 0.1) is 5.82 Å². The summed E-state index contributed by atoms with van der Waals surface area (Å²) in [5.41, 5.74) is 1.03.